The van der Waals surface area contributed by atoms with Crippen LogP contribution in [0.1, 0.15) is 57.6 Å². The van der Waals surface area contributed by atoms with E-state index in [0.717, 1.165) is 44.2 Å². The van der Waals surface area contributed by atoms with E-state index in [4.69, 9.17) is 5.11 Å². The lowest BCUT2D eigenvalue weighted by Gasteiger charge is -2.35. The molecule has 21 heavy (non-hydrogen) atoms. The van der Waals surface area contributed by atoms with Crippen LogP contribution in [0.15, 0.2) is 6.07 Å². The Labute approximate surface area is 124 Å². The number of aliphatic carboxylic acids is 1. The van der Waals surface area contributed by atoms with E-state index in [1.165, 1.54) is 0 Å². The van der Waals surface area contributed by atoms with Crippen molar-refractivity contribution in [3.63, 3.8) is 0 Å². The molecule has 0 aliphatic heterocycles. The average Bonchev–Trinajstić information content (AvgIpc) is 2.86. The van der Waals surface area contributed by atoms with E-state index in [9.17, 15) is 9.59 Å². The Bertz CT molecular complexity index is 504. The molecule has 1 aromatic heterocycles. The van der Waals surface area contributed by atoms with Crippen LogP contribution in [0.4, 0.5) is 5.82 Å². The summed E-state index contributed by atoms with van der Waals surface area (Å²) in [6, 6.07) is 1.81. The van der Waals surface area contributed by atoms with Crippen LogP contribution in [0.2, 0.25) is 0 Å². The third-order valence-corrected chi connectivity index (χ3v) is 4.26. The first-order valence-corrected chi connectivity index (χ1v) is 7.59. The van der Waals surface area contributed by atoms with Gasteiger partial charge < -0.3 is 10.4 Å². The van der Waals surface area contributed by atoms with Gasteiger partial charge in [-0.1, -0.05) is 26.2 Å². The average molecular weight is 293 g/mol. The van der Waals surface area contributed by atoms with Gasteiger partial charge in [0.15, 0.2) is 5.82 Å². The van der Waals surface area contributed by atoms with E-state index >= 15 is 0 Å². The number of aromatic amines is 1. The predicted octanol–water partition coefficient (Wildman–Crippen LogP) is 2.73. The van der Waals surface area contributed by atoms with E-state index in [-0.39, 0.29) is 18.7 Å². The molecule has 6 nitrogen and oxygen atoms in total. The third kappa shape index (κ3) is 4.31. The minimum Gasteiger partial charge on any atom is -0.481 e. The molecule has 1 heterocycles. The summed E-state index contributed by atoms with van der Waals surface area (Å²) >= 11 is 0. The van der Waals surface area contributed by atoms with Crippen LogP contribution < -0.4 is 5.32 Å². The summed E-state index contributed by atoms with van der Waals surface area (Å²) in [6.45, 7) is 2.00. The maximum atomic E-state index is 12.2. The molecule has 1 aliphatic rings. The number of carbonyl (C=O) groups is 2. The Balaban J connectivity index is 1.98. The van der Waals surface area contributed by atoms with Gasteiger partial charge in [0.2, 0.25) is 5.91 Å². The highest BCUT2D eigenvalue weighted by Gasteiger charge is 2.36. The van der Waals surface area contributed by atoms with Crippen molar-refractivity contribution in [3.05, 3.63) is 11.8 Å². The second kappa shape index (κ2) is 6.74. The Kier molecular flexibility index (Phi) is 4.98. The Morgan fingerprint density at radius 3 is 2.62 bits per heavy atom. The second-order valence-electron chi connectivity index (χ2n) is 5.99. The second-order valence-corrected chi connectivity index (χ2v) is 5.99. The van der Waals surface area contributed by atoms with Crippen molar-refractivity contribution in [2.24, 2.45) is 5.41 Å². The van der Waals surface area contributed by atoms with Crippen molar-refractivity contribution in [3.8, 4) is 0 Å². The number of amides is 1. The van der Waals surface area contributed by atoms with Gasteiger partial charge in [-0.15, -0.1) is 0 Å². The van der Waals surface area contributed by atoms with Gasteiger partial charge in [0.1, 0.15) is 0 Å². The molecule has 0 spiro atoms. The number of nitrogens with one attached hydrogen (secondary N) is 2. The summed E-state index contributed by atoms with van der Waals surface area (Å²) < 4.78 is 0. The standard InChI is InChI=1S/C15H23N3O3/c1-2-11-8-12(18-17-11)16-13(19)9-15(10-14(20)21)6-4-3-5-7-15/h8H,2-7,9-10H2,1H3,(H,20,21)(H2,16,17,18,19). The maximum Gasteiger partial charge on any atom is 0.303 e. The minimum absolute atomic E-state index is 0.0706. The molecule has 1 aromatic rings. The van der Waals surface area contributed by atoms with Gasteiger partial charge in [0.05, 0.1) is 6.42 Å². The number of hydrogen-bond acceptors (Lipinski definition) is 3. The predicted molar refractivity (Wildman–Crippen MR) is 79.0 cm³/mol. The first kappa shape index (κ1) is 15.5. The maximum absolute atomic E-state index is 12.2. The highest BCUT2D eigenvalue weighted by Crippen LogP contribution is 2.42. The minimum atomic E-state index is -0.822. The molecule has 0 bridgehead atoms. The van der Waals surface area contributed by atoms with Gasteiger partial charge in [-0.05, 0) is 24.7 Å². The van der Waals surface area contributed by atoms with E-state index in [1.807, 2.05) is 13.0 Å². The van der Waals surface area contributed by atoms with Crippen molar-refractivity contribution in [2.45, 2.75) is 58.3 Å². The van der Waals surface area contributed by atoms with Gasteiger partial charge in [-0.2, -0.15) is 5.10 Å². The number of carboxylic acid groups (broad SMARTS) is 1. The van der Waals surface area contributed by atoms with Crippen molar-refractivity contribution in [1.29, 1.82) is 0 Å². The third-order valence-electron chi connectivity index (χ3n) is 4.26. The van der Waals surface area contributed by atoms with Crippen LogP contribution in [0, 0.1) is 5.41 Å². The number of carboxylic acids is 1. The fourth-order valence-corrected chi connectivity index (χ4v) is 3.17. The molecule has 3 N–H and O–H groups in total. The van der Waals surface area contributed by atoms with Crippen LogP contribution in [0.3, 0.4) is 0 Å². The fraction of sp³-hybridized carbons (Fsp3) is 0.667. The highest BCUT2D eigenvalue weighted by molar-refractivity contribution is 5.90. The molecule has 0 radical (unpaired) electrons. The molecule has 0 aromatic carbocycles. The topological polar surface area (TPSA) is 95.1 Å². The molecule has 1 aliphatic carbocycles. The number of aromatic nitrogens is 2. The SMILES string of the molecule is CCc1cc(NC(=O)CC2(CC(=O)O)CCCCC2)n[nH]1. The Morgan fingerprint density at radius 2 is 2.05 bits per heavy atom. The first-order chi connectivity index (χ1) is 10.0. The Morgan fingerprint density at radius 1 is 1.33 bits per heavy atom. The molecule has 1 fully saturated rings. The summed E-state index contributed by atoms with van der Waals surface area (Å²) in [5.74, 6) is -0.455. The van der Waals surface area contributed by atoms with Crippen LogP contribution >= 0.6 is 0 Å². The zero-order valence-corrected chi connectivity index (χ0v) is 12.4. The number of carbonyl (C=O) groups excluding carboxylic acids is 1. The molecule has 0 saturated heterocycles. The molecule has 0 unspecified atom stereocenters. The summed E-state index contributed by atoms with van der Waals surface area (Å²) in [6.07, 6.45) is 5.91. The number of rotatable bonds is 6. The molecular formula is C15H23N3O3. The summed E-state index contributed by atoms with van der Waals surface area (Å²) in [7, 11) is 0. The number of H-pyrrole nitrogens is 1. The van der Waals surface area contributed by atoms with E-state index in [1.54, 1.807) is 0 Å². The molecule has 1 amide bonds. The molecule has 1 saturated carbocycles. The lowest BCUT2D eigenvalue weighted by Crippen LogP contribution is -2.32. The Hall–Kier alpha value is -1.85. The summed E-state index contributed by atoms with van der Waals surface area (Å²) in [5, 5.41) is 18.8. The molecule has 0 atom stereocenters. The van der Waals surface area contributed by atoms with E-state index < -0.39 is 11.4 Å². The number of anilines is 1. The zero-order valence-electron chi connectivity index (χ0n) is 12.4. The highest BCUT2D eigenvalue weighted by atomic mass is 16.4. The van der Waals surface area contributed by atoms with Gasteiger partial charge >= 0.3 is 5.97 Å². The van der Waals surface area contributed by atoms with Crippen molar-refractivity contribution < 1.29 is 14.7 Å². The fourth-order valence-electron chi connectivity index (χ4n) is 3.17. The van der Waals surface area contributed by atoms with Gasteiger partial charge in [0.25, 0.3) is 0 Å². The summed E-state index contributed by atoms with van der Waals surface area (Å²) in [5.41, 5.74) is 0.570. The largest absolute Gasteiger partial charge is 0.481 e. The van der Waals surface area contributed by atoms with Crippen LogP contribution in [0.25, 0.3) is 0 Å². The lowest BCUT2D eigenvalue weighted by molar-refractivity contribution is -0.140. The van der Waals surface area contributed by atoms with Crippen molar-refractivity contribution >= 4 is 17.7 Å². The molecule has 116 valence electrons. The zero-order chi connectivity index (χ0) is 15.3. The van der Waals surface area contributed by atoms with E-state index in [0.29, 0.717) is 5.82 Å². The molecule has 2 rings (SSSR count). The van der Waals surface area contributed by atoms with E-state index in [2.05, 4.69) is 15.5 Å². The smallest absolute Gasteiger partial charge is 0.303 e. The quantitative estimate of drug-likeness (QED) is 0.751. The van der Waals surface area contributed by atoms with Gasteiger partial charge in [-0.3, -0.25) is 14.7 Å². The first-order valence-electron chi connectivity index (χ1n) is 7.59. The molecular weight excluding hydrogens is 270 g/mol. The summed E-state index contributed by atoms with van der Waals surface area (Å²) in [4.78, 5) is 23.3. The van der Waals surface area contributed by atoms with Crippen LogP contribution in [0.5, 0.6) is 0 Å². The van der Waals surface area contributed by atoms with Crippen LogP contribution in [-0.4, -0.2) is 27.2 Å². The van der Waals surface area contributed by atoms with Crippen molar-refractivity contribution in [2.75, 3.05) is 5.32 Å². The van der Waals surface area contributed by atoms with Crippen molar-refractivity contribution in [1.82, 2.24) is 10.2 Å². The monoisotopic (exact) mass is 293 g/mol. The van der Waals surface area contributed by atoms with Crippen LogP contribution in [-0.2, 0) is 16.0 Å². The number of nitrogens with zero attached hydrogens (tertiary/aromatic N) is 1. The molecule has 6 heteroatoms. The number of hydrogen-bond donors (Lipinski definition) is 3. The van der Waals surface area contributed by atoms with Gasteiger partial charge in [-0.25, -0.2) is 0 Å². The normalized spacial score (nSPS) is 17.4. The van der Waals surface area contributed by atoms with Gasteiger partial charge in [0, 0.05) is 18.2 Å². The number of aryl methyl sites for hydroxylation is 1. The lowest BCUT2D eigenvalue weighted by atomic mass is 9.69.